The summed E-state index contributed by atoms with van der Waals surface area (Å²) in [5.41, 5.74) is 0.583. The Morgan fingerprint density at radius 2 is 2.23 bits per heavy atom. The van der Waals surface area contributed by atoms with E-state index in [1.165, 1.54) is 11.3 Å². The van der Waals surface area contributed by atoms with Crippen molar-refractivity contribution < 1.29 is 19.4 Å². The van der Waals surface area contributed by atoms with Crippen molar-refractivity contribution in [2.45, 2.75) is 31.5 Å². The van der Waals surface area contributed by atoms with Crippen molar-refractivity contribution in [3.63, 3.8) is 0 Å². The second-order valence-electron chi connectivity index (χ2n) is 7.91. The Morgan fingerprint density at radius 3 is 3.00 bits per heavy atom. The molecule has 142 valence electrons. The fourth-order valence-corrected chi connectivity index (χ4v) is 6.29. The van der Waals surface area contributed by atoms with Crippen LogP contribution < -0.4 is 4.90 Å². The third-order valence-electron chi connectivity index (χ3n) is 6.54. The van der Waals surface area contributed by atoms with Crippen LogP contribution in [0.25, 0.3) is 0 Å². The van der Waals surface area contributed by atoms with Crippen LogP contribution in [0.1, 0.15) is 28.2 Å². The zero-order valence-corrected chi connectivity index (χ0v) is 15.8. The van der Waals surface area contributed by atoms with Crippen LogP contribution in [0.3, 0.4) is 0 Å². The Kier molecular flexibility index (Phi) is 4.00. The number of hydrogen-bond acceptors (Lipinski definition) is 7. The first-order chi connectivity index (χ1) is 12.6. The van der Waals surface area contributed by atoms with E-state index in [0.29, 0.717) is 26.3 Å². The number of likely N-dealkylation sites (tertiary alicyclic amines) is 1. The number of aliphatic hydroxyl groups excluding tert-OH is 1. The molecule has 8 heteroatoms. The number of fused-ring (bicyclic) bond motifs is 1. The molecule has 4 saturated heterocycles. The van der Waals surface area contributed by atoms with Crippen LogP contribution >= 0.6 is 11.3 Å². The van der Waals surface area contributed by atoms with Crippen molar-refractivity contribution in [3.8, 4) is 0 Å². The summed E-state index contributed by atoms with van der Waals surface area (Å²) in [6.07, 6.45) is 2.19. The van der Waals surface area contributed by atoms with Gasteiger partial charge in [-0.25, -0.2) is 4.98 Å². The van der Waals surface area contributed by atoms with E-state index in [1.54, 1.807) is 0 Å². The molecule has 4 atom stereocenters. The lowest BCUT2D eigenvalue weighted by atomic mass is 9.74. The first-order valence-electron chi connectivity index (χ1n) is 9.49. The maximum atomic E-state index is 13.2. The lowest BCUT2D eigenvalue weighted by Crippen LogP contribution is -2.38. The van der Waals surface area contributed by atoms with Gasteiger partial charge in [0.15, 0.2) is 5.13 Å². The predicted octanol–water partition coefficient (Wildman–Crippen LogP) is 0.900. The second-order valence-corrected chi connectivity index (χ2v) is 8.89. The van der Waals surface area contributed by atoms with Crippen LogP contribution in [0.5, 0.6) is 0 Å². The number of thiazole rings is 1. The Bertz CT molecular complexity index is 719. The molecule has 2 bridgehead atoms. The summed E-state index contributed by atoms with van der Waals surface area (Å²) in [7, 11) is 0. The number of nitrogens with zero attached hydrogens (tertiary/aromatic N) is 3. The van der Waals surface area contributed by atoms with Gasteiger partial charge >= 0.3 is 0 Å². The van der Waals surface area contributed by atoms with Gasteiger partial charge in [-0.3, -0.25) is 4.79 Å². The van der Waals surface area contributed by atoms with Crippen molar-refractivity contribution in [2.24, 2.45) is 11.8 Å². The molecule has 4 aliphatic rings. The van der Waals surface area contributed by atoms with E-state index in [2.05, 4.69) is 9.88 Å². The minimum absolute atomic E-state index is 0.0621. The third kappa shape index (κ3) is 2.42. The average Bonchev–Trinajstić information content (AvgIpc) is 3.39. The van der Waals surface area contributed by atoms with Gasteiger partial charge in [0.05, 0.1) is 37.2 Å². The standard InChI is InChI=1S/C18H25N3O4S/c1-11-15(26-17(19-11)20-4-6-24-7-5-20)16(23)21-8-13-12(9-22)14-2-3-18(13,10-21)25-14/h12-14,22H,2-10H2,1H3/t12-,13+,14+,18+/m1/s1. The molecule has 4 fully saturated rings. The zero-order valence-electron chi connectivity index (χ0n) is 15.0. The molecule has 0 aromatic carbocycles. The Hall–Kier alpha value is -1.22. The van der Waals surface area contributed by atoms with Gasteiger partial charge in [-0.2, -0.15) is 0 Å². The lowest BCUT2D eigenvalue weighted by Gasteiger charge is -2.27. The van der Waals surface area contributed by atoms with E-state index in [0.717, 1.165) is 41.6 Å². The fraction of sp³-hybridized carbons (Fsp3) is 0.778. The maximum absolute atomic E-state index is 13.2. The maximum Gasteiger partial charge on any atom is 0.266 e. The summed E-state index contributed by atoms with van der Waals surface area (Å²) < 4.78 is 11.6. The van der Waals surface area contributed by atoms with Gasteiger partial charge in [0.1, 0.15) is 4.88 Å². The molecule has 0 aliphatic carbocycles. The molecule has 4 aliphatic heterocycles. The van der Waals surface area contributed by atoms with Gasteiger partial charge in [-0.15, -0.1) is 0 Å². The molecule has 5 rings (SSSR count). The van der Waals surface area contributed by atoms with Gasteiger partial charge in [0.25, 0.3) is 5.91 Å². The first kappa shape index (κ1) is 16.9. The van der Waals surface area contributed by atoms with E-state index >= 15 is 0 Å². The number of aromatic nitrogens is 1. The van der Waals surface area contributed by atoms with Gasteiger partial charge in [-0.05, 0) is 19.8 Å². The molecule has 1 aromatic rings. The Labute approximate surface area is 156 Å². The predicted molar refractivity (Wildman–Crippen MR) is 96.7 cm³/mol. The Morgan fingerprint density at radius 1 is 1.42 bits per heavy atom. The molecule has 7 nitrogen and oxygen atoms in total. The molecule has 1 amide bonds. The molecule has 5 heterocycles. The van der Waals surface area contributed by atoms with Gasteiger partial charge < -0.3 is 24.4 Å². The highest BCUT2D eigenvalue weighted by Gasteiger charge is 2.63. The summed E-state index contributed by atoms with van der Waals surface area (Å²) >= 11 is 1.49. The van der Waals surface area contributed by atoms with Crippen molar-refractivity contribution >= 4 is 22.4 Å². The molecule has 1 spiro atoms. The van der Waals surface area contributed by atoms with Gasteiger partial charge in [-0.1, -0.05) is 11.3 Å². The van der Waals surface area contributed by atoms with E-state index in [-0.39, 0.29) is 36.1 Å². The number of carbonyl (C=O) groups excluding carboxylic acids is 1. The second kappa shape index (κ2) is 6.15. The normalized spacial score (nSPS) is 36.0. The number of hydrogen-bond donors (Lipinski definition) is 1. The van der Waals surface area contributed by atoms with E-state index in [1.807, 2.05) is 11.8 Å². The number of anilines is 1. The smallest absolute Gasteiger partial charge is 0.266 e. The fourth-order valence-electron chi connectivity index (χ4n) is 5.20. The van der Waals surface area contributed by atoms with Crippen molar-refractivity contribution in [1.29, 1.82) is 0 Å². The van der Waals surface area contributed by atoms with Crippen molar-refractivity contribution in [3.05, 3.63) is 10.6 Å². The summed E-state index contributed by atoms with van der Waals surface area (Å²) in [4.78, 5) is 22.7. The summed E-state index contributed by atoms with van der Waals surface area (Å²) in [5.74, 6) is 0.502. The molecule has 1 aromatic heterocycles. The molecular formula is C18H25N3O4S. The zero-order chi connectivity index (χ0) is 17.9. The van der Waals surface area contributed by atoms with Crippen molar-refractivity contribution in [1.82, 2.24) is 9.88 Å². The number of ether oxygens (including phenoxy) is 2. The largest absolute Gasteiger partial charge is 0.396 e. The van der Waals surface area contributed by atoms with E-state index in [9.17, 15) is 9.90 Å². The van der Waals surface area contributed by atoms with Gasteiger partial charge in [0.2, 0.25) is 0 Å². The highest BCUT2D eigenvalue weighted by molar-refractivity contribution is 7.17. The summed E-state index contributed by atoms with van der Waals surface area (Å²) in [6, 6.07) is 0. The van der Waals surface area contributed by atoms with E-state index < -0.39 is 0 Å². The summed E-state index contributed by atoms with van der Waals surface area (Å²) in [6.45, 7) is 6.46. The van der Waals surface area contributed by atoms with Crippen LogP contribution in [0.2, 0.25) is 0 Å². The van der Waals surface area contributed by atoms with Crippen molar-refractivity contribution in [2.75, 3.05) is 50.9 Å². The van der Waals surface area contributed by atoms with Crippen LogP contribution in [0.15, 0.2) is 0 Å². The highest BCUT2D eigenvalue weighted by Crippen LogP contribution is 2.54. The summed E-state index contributed by atoms with van der Waals surface area (Å²) in [5, 5.41) is 10.7. The number of rotatable bonds is 3. The SMILES string of the molecule is Cc1nc(N2CCOCC2)sc1C(=O)N1C[C@H]2[C@@H](CO)[C@@H]3CC[C@@]2(C1)O3. The number of aryl methyl sites for hydroxylation is 1. The van der Waals surface area contributed by atoms with Crippen LogP contribution in [0.4, 0.5) is 5.13 Å². The molecule has 1 N–H and O–H groups in total. The van der Waals surface area contributed by atoms with Gasteiger partial charge in [0, 0.05) is 38.1 Å². The topological polar surface area (TPSA) is 75.1 Å². The minimum atomic E-state index is -0.223. The third-order valence-corrected chi connectivity index (χ3v) is 7.75. The molecular weight excluding hydrogens is 354 g/mol. The number of morpholine rings is 1. The first-order valence-corrected chi connectivity index (χ1v) is 10.3. The molecule has 0 radical (unpaired) electrons. The molecule has 0 saturated carbocycles. The average molecular weight is 379 g/mol. The van der Waals surface area contributed by atoms with Crippen LogP contribution in [-0.2, 0) is 9.47 Å². The monoisotopic (exact) mass is 379 g/mol. The van der Waals surface area contributed by atoms with Crippen LogP contribution in [-0.4, -0.2) is 78.6 Å². The number of amides is 1. The molecule has 26 heavy (non-hydrogen) atoms. The number of aliphatic hydroxyl groups is 1. The highest BCUT2D eigenvalue weighted by atomic mass is 32.1. The number of carbonyl (C=O) groups is 1. The lowest BCUT2D eigenvalue weighted by molar-refractivity contribution is 0.00158. The quantitative estimate of drug-likeness (QED) is 0.841. The van der Waals surface area contributed by atoms with Crippen LogP contribution in [0, 0.1) is 18.8 Å². The molecule has 0 unspecified atom stereocenters. The minimum Gasteiger partial charge on any atom is -0.396 e. The van der Waals surface area contributed by atoms with E-state index in [4.69, 9.17) is 9.47 Å². The Balaban J connectivity index is 1.35.